The van der Waals surface area contributed by atoms with Gasteiger partial charge >= 0.3 is 0 Å². The highest BCUT2D eigenvalue weighted by atomic mass is 32.1. The van der Waals surface area contributed by atoms with Gasteiger partial charge in [-0.25, -0.2) is 0 Å². The molecule has 0 spiro atoms. The van der Waals surface area contributed by atoms with Crippen LogP contribution in [0, 0.1) is 0 Å². The Balaban J connectivity index is 1.89. The molecule has 1 aromatic rings. The zero-order chi connectivity index (χ0) is 13.1. The van der Waals surface area contributed by atoms with E-state index in [0.717, 1.165) is 26.3 Å². The standard InChI is InChI=1S/C15H24N2OS/c1-16-14(13-4-11-19-12-13)15(5-2-3-6-15)17-7-9-18-10-8-17/h4,11-12,14,16H,2-3,5-10H2,1H3. The first kappa shape index (κ1) is 13.6. The molecule has 1 aliphatic heterocycles. The van der Waals surface area contributed by atoms with Crippen molar-refractivity contribution in [3.63, 3.8) is 0 Å². The number of nitrogens with zero attached hydrogens (tertiary/aromatic N) is 1. The normalized spacial score (nSPS) is 25.5. The van der Waals surface area contributed by atoms with Gasteiger partial charge in [0.2, 0.25) is 0 Å². The maximum Gasteiger partial charge on any atom is 0.0594 e. The predicted octanol–water partition coefficient (Wildman–Crippen LogP) is 2.65. The van der Waals surface area contributed by atoms with Crippen molar-refractivity contribution >= 4 is 11.3 Å². The van der Waals surface area contributed by atoms with Crippen LogP contribution in [0.15, 0.2) is 16.8 Å². The van der Waals surface area contributed by atoms with Gasteiger partial charge in [0, 0.05) is 18.6 Å². The summed E-state index contributed by atoms with van der Waals surface area (Å²) in [5.74, 6) is 0. The van der Waals surface area contributed by atoms with Crippen molar-refractivity contribution in [1.82, 2.24) is 10.2 Å². The van der Waals surface area contributed by atoms with Crippen LogP contribution in [0.3, 0.4) is 0 Å². The fourth-order valence-electron chi connectivity index (χ4n) is 3.97. The maximum absolute atomic E-state index is 5.55. The van der Waals surface area contributed by atoms with E-state index in [1.165, 1.54) is 31.2 Å². The lowest BCUT2D eigenvalue weighted by Gasteiger charge is -2.48. The molecule has 1 saturated heterocycles. The van der Waals surface area contributed by atoms with Gasteiger partial charge in [-0.2, -0.15) is 11.3 Å². The third kappa shape index (κ3) is 2.47. The summed E-state index contributed by atoms with van der Waals surface area (Å²) in [6.07, 6.45) is 5.35. The molecule has 2 heterocycles. The van der Waals surface area contributed by atoms with Gasteiger partial charge < -0.3 is 10.1 Å². The lowest BCUT2D eigenvalue weighted by atomic mass is 9.82. The van der Waals surface area contributed by atoms with Crippen LogP contribution in [0.1, 0.15) is 37.3 Å². The van der Waals surface area contributed by atoms with Crippen molar-refractivity contribution in [2.45, 2.75) is 37.3 Å². The molecular weight excluding hydrogens is 256 g/mol. The number of ether oxygens (including phenoxy) is 1. The molecule has 1 aliphatic carbocycles. The molecule has 0 amide bonds. The third-order valence-corrected chi connectivity index (χ3v) is 5.51. The molecule has 0 aromatic carbocycles. The Bertz CT molecular complexity index is 381. The van der Waals surface area contributed by atoms with E-state index in [2.05, 4.69) is 34.1 Å². The highest BCUT2D eigenvalue weighted by Crippen LogP contribution is 2.45. The molecule has 1 N–H and O–H groups in total. The van der Waals surface area contributed by atoms with Gasteiger partial charge in [0.15, 0.2) is 0 Å². The molecule has 3 rings (SSSR count). The van der Waals surface area contributed by atoms with E-state index < -0.39 is 0 Å². The van der Waals surface area contributed by atoms with Gasteiger partial charge in [-0.05, 0) is 42.3 Å². The SMILES string of the molecule is CNC(c1ccsc1)C1(N2CCOCC2)CCCC1. The number of likely N-dealkylation sites (N-methyl/N-ethyl adjacent to an activating group) is 1. The van der Waals surface area contributed by atoms with E-state index in [4.69, 9.17) is 4.74 Å². The summed E-state index contributed by atoms with van der Waals surface area (Å²) < 4.78 is 5.55. The molecule has 1 atom stereocenters. The molecule has 1 saturated carbocycles. The Hall–Kier alpha value is -0.420. The van der Waals surface area contributed by atoms with Gasteiger partial charge in [0.05, 0.1) is 19.3 Å². The van der Waals surface area contributed by atoms with Gasteiger partial charge in [-0.3, -0.25) is 4.90 Å². The van der Waals surface area contributed by atoms with Crippen molar-refractivity contribution < 1.29 is 4.74 Å². The molecule has 106 valence electrons. The van der Waals surface area contributed by atoms with Gasteiger partial charge in [0.1, 0.15) is 0 Å². The molecule has 0 bridgehead atoms. The lowest BCUT2D eigenvalue weighted by Crippen LogP contribution is -2.57. The quantitative estimate of drug-likeness (QED) is 0.917. The highest BCUT2D eigenvalue weighted by Gasteiger charge is 2.46. The highest BCUT2D eigenvalue weighted by molar-refractivity contribution is 7.07. The first-order valence-corrected chi connectivity index (χ1v) is 8.33. The van der Waals surface area contributed by atoms with Crippen LogP contribution in [0.4, 0.5) is 0 Å². The Morgan fingerprint density at radius 3 is 2.63 bits per heavy atom. The zero-order valence-electron chi connectivity index (χ0n) is 11.7. The van der Waals surface area contributed by atoms with Crippen molar-refractivity contribution in [3.05, 3.63) is 22.4 Å². The number of hydrogen-bond acceptors (Lipinski definition) is 4. The fourth-order valence-corrected chi connectivity index (χ4v) is 4.65. The molecule has 2 aliphatic rings. The molecule has 1 unspecified atom stereocenters. The molecule has 3 nitrogen and oxygen atoms in total. The van der Waals surface area contributed by atoms with Gasteiger partial charge in [-0.1, -0.05) is 12.8 Å². The number of morpholine rings is 1. The number of hydrogen-bond donors (Lipinski definition) is 1. The third-order valence-electron chi connectivity index (χ3n) is 4.81. The predicted molar refractivity (Wildman–Crippen MR) is 79.7 cm³/mol. The smallest absolute Gasteiger partial charge is 0.0594 e. The molecule has 1 aromatic heterocycles. The fraction of sp³-hybridized carbons (Fsp3) is 0.733. The van der Waals surface area contributed by atoms with Crippen molar-refractivity contribution in [2.75, 3.05) is 33.4 Å². The second-order valence-electron chi connectivity index (χ2n) is 5.69. The van der Waals surface area contributed by atoms with Crippen LogP contribution in [0.25, 0.3) is 0 Å². The minimum absolute atomic E-state index is 0.305. The first-order valence-electron chi connectivity index (χ1n) is 7.39. The molecule has 4 heteroatoms. The first-order chi connectivity index (χ1) is 9.37. The van der Waals surface area contributed by atoms with Crippen LogP contribution >= 0.6 is 11.3 Å². The Morgan fingerprint density at radius 2 is 2.05 bits per heavy atom. The van der Waals surface area contributed by atoms with Gasteiger partial charge in [-0.15, -0.1) is 0 Å². The van der Waals surface area contributed by atoms with E-state index in [9.17, 15) is 0 Å². The van der Waals surface area contributed by atoms with E-state index in [1.807, 2.05) is 0 Å². The van der Waals surface area contributed by atoms with Crippen molar-refractivity contribution in [2.24, 2.45) is 0 Å². The molecule has 19 heavy (non-hydrogen) atoms. The summed E-state index contributed by atoms with van der Waals surface area (Å²) in [6.45, 7) is 3.95. The number of rotatable bonds is 4. The van der Waals surface area contributed by atoms with Crippen LogP contribution in [-0.4, -0.2) is 43.8 Å². The Morgan fingerprint density at radius 1 is 1.32 bits per heavy atom. The van der Waals surface area contributed by atoms with Crippen LogP contribution in [0.2, 0.25) is 0 Å². The molecular formula is C15H24N2OS. The molecule has 0 radical (unpaired) electrons. The van der Waals surface area contributed by atoms with Crippen molar-refractivity contribution in [3.8, 4) is 0 Å². The summed E-state index contributed by atoms with van der Waals surface area (Å²) in [5.41, 5.74) is 1.76. The zero-order valence-corrected chi connectivity index (χ0v) is 12.5. The van der Waals surface area contributed by atoms with Crippen LogP contribution in [0.5, 0.6) is 0 Å². The minimum Gasteiger partial charge on any atom is -0.379 e. The average molecular weight is 280 g/mol. The largest absolute Gasteiger partial charge is 0.379 e. The number of nitrogens with one attached hydrogen (secondary N) is 1. The molecule has 2 fully saturated rings. The minimum atomic E-state index is 0.305. The Kier molecular flexibility index (Phi) is 4.22. The summed E-state index contributed by atoms with van der Waals surface area (Å²) >= 11 is 1.80. The topological polar surface area (TPSA) is 24.5 Å². The van der Waals surface area contributed by atoms with E-state index in [-0.39, 0.29) is 0 Å². The second kappa shape index (κ2) is 5.92. The van der Waals surface area contributed by atoms with Crippen LogP contribution < -0.4 is 5.32 Å². The van der Waals surface area contributed by atoms with Gasteiger partial charge in [0.25, 0.3) is 0 Å². The summed E-state index contributed by atoms with van der Waals surface area (Å²) in [5, 5.41) is 8.11. The van der Waals surface area contributed by atoms with E-state index in [0.29, 0.717) is 11.6 Å². The maximum atomic E-state index is 5.55. The average Bonchev–Trinajstić information content (AvgIpc) is 3.13. The Labute approximate surface area is 119 Å². The van der Waals surface area contributed by atoms with E-state index >= 15 is 0 Å². The van der Waals surface area contributed by atoms with Crippen LogP contribution in [-0.2, 0) is 4.74 Å². The monoisotopic (exact) mass is 280 g/mol. The van der Waals surface area contributed by atoms with E-state index in [1.54, 1.807) is 11.3 Å². The summed E-state index contributed by atoms with van der Waals surface area (Å²) in [6, 6.07) is 2.74. The van der Waals surface area contributed by atoms with Crippen molar-refractivity contribution in [1.29, 1.82) is 0 Å². The lowest BCUT2D eigenvalue weighted by molar-refractivity contribution is -0.0353. The second-order valence-corrected chi connectivity index (χ2v) is 6.47. The summed E-state index contributed by atoms with van der Waals surface area (Å²) in [4.78, 5) is 2.70. The number of thiophene rings is 1. The summed E-state index contributed by atoms with van der Waals surface area (Å²) in [7, 11) is 2.11.